The number of carbonyl (C=O) groups excluding carboxylic acids is 1. The number of aryl methyl sites for hydroxylation is 1. The maximum atomic E-state index is 10.0. The lowest BCUT2D eigenvalue weighted by atomic mass is 10.1. The Labute approximate surface area is 78.5 Å². The zero-order valence-corrected chi connectivity index (χ0v) is 7.77. The minimum Gasteiger partial charge on any atom is -0.465 e. The van der Waals surface area contributed by atoms with Crippen LogP contribution in [0, 0.1) is 0 Å². The largest absolute Gasteiger partial charge is 0.465 e. The van der Waals surface area contributed by atoms with E-state index in [9.17, 15) is 4.79 Å². The van der Waals surface area contributed by atoms with E-state index in [2.05, 4.69) is 12.1 Å². The van der Waals surface area contributed by atoms with Crippen LogP contribution in [0.2, 0.25) is 0 Å². The SMILES string of the molecule is CC(CCc1ccccc1)OC=O. The molecule has 0 fully saturated rings. The number of ether oxygens (including phenoxy) is 1. The van der Waals surface area contributed by atoms with Gasteiger partial charge in [0.25, 0.3) is 6.47 Å². The second-order valence-electron chi connectivity index (χ2n) is 3.07. The summed E-state index contributed by atoms with van der Waals surface area (Å²) in [6.45, 7) is 2.41. The van der Waals surface area contributed by atoms with Gasteiger partial charge in [-0.25, -0.2) is 0 Å². The highest BCUT2D eigenvalue weighted by Gasteiger charge is 2.01. The van der Waals surface area contributed by atoms with Crippen molar-refractivity contribution >= 4 is 6.47 Å². The molecule has 70 valence electrons. The van der Waals surface area contributed by atoms with Crippen molar-refractivity contribution in [1.29, 1.82) is 0 Å². The monoisotopic (exact) mass is 178 g/mol. The molecule has 0 bridgehead atoms. The molecule has 0 spiro atoms. The van der Waals surface area contributed by atoms with Crippen LogP contribution in [0.5, 0.6) is 0 Å². The zero-order chi connectivity index (χ0) is 9.52. The van der Waals surface area contributed by atoms with Crippen molar-refractivity contribution < 1.29 is 9.53 Å². The third kappa shape index (κ3) is 3.74. The maximum absolute atomic E-state index is 10.0. The minimum absolute atomic E-state index is 0.0118. The molecule has 1 aromatic carbocycles. The number of rotatable bonds is 5. The van der Waals surface area contributed by atoms with Crippen LogP contribution < -0.4 is 0 Å². The van der Waals surface area contributed by atoms with Crippen LogP contribution in [-0.2, 0) is 16.0 Å². The van der Waals surface area contributed by atoms with Gasteiger partial charge in [-0.1, -0.05) is 30.3 Å². The molecule has 0 aliphatic carbocycles. The highest BCUT2D eigenvalue weighted by Crippen LogP contribution is 2.05. The fraction of sp³-hybridized carbons (Fsp3) is 0.364. The topological polar surface area (TPSA) is 26.3 Å². The van der Waals surface area contributed by atoms with Gasteiger partial charge in [-0.3, -0.25) is 4.79 Å². The summed E-state index contributed by atoms with van der Waals surface area (Å²) < 4.78 is 4.78. The first-order valence-electron chi connectivity index (χ1n) is 4.46. The van der Waals surface area contributed by atoms with Gasteiger partial charge in [-0.2, -0.15) is 0 Å². The van der Waals surface area contributed by atoms with Crippen LogP contribution >= 0.6 is 0 Å². The van der Waals surface area contributed by atoms with Crippen molar-refractivity contribution in [1.82, 2.24) is 0 Å². The molecule has 1 atom stereocenters. The van der Waals surface area contributed by atoms with Crippen LogP contribution in [0.4, 0.5) is 0 Å². The Balaban J connectivity index is 2.30. The van der Waals surface area contributed by atoms with Gasteiger partial charge < -0.3 is 4.74 Å². The van der Waals surface area contributed by atoms with Gasteiger partial charge in [-0.15, -0.1) is 0 Å². The van der Waals surface area contributed by atoms with Crippen LogP contribution in [0.3, 0.4) is 0 Å². The van der Waals surface area contributed by atoms with Crippen LogP contribution in [0.15, 0.2) is 30.3 Å². The lowest BCUT2D eigenvalue weighted by molar-refractivity contribution is -0.132. The molecule has 0 aliphatic heterocycles. The van der Waals surface area contributed by atoms with E-state index in [0.29, 0.717) is 6.47 Å². The van der Waals surface area contributed by atoms with Crippen LogP contribution in [0.1, 0.15) is 18.9 Å². The van der Waals surface area contributed by atoms with Gasteiger partial charge in [0.1, 0.15) is 0 Å². The number of hydrogen-bond acceptors (Lipinski definition) is 2. The highest BCUT2D eigenvalue weighted by molar-refractivity contribution is 5.37. The second-order valence-corrected chi connectivity index (χ2v) is 3.07. The molecule has 0 heterocycles. The summed E-state index contributed by atoms with van der Waals surface area (Å²) in [6.07, 6.45) is 1.84. The second kappa shape index (κ2) is 5.36. The van der Waals surface area contributed by atoms with E-state index in [0.717, 1.165) is 12.8 Å². The summed E-state index contributed by atoms with van der Waals surface area (Å²) in [6, 6.07) is 10.2. The number of benzene rings is 1. The fourth-order valence-corrected chi connectivity index (χ4v) is 1.18. The van der Waals surface area contributed by atoms with Crippen LogP contribution in [-0.4, -0.2) is 12.6 Å². The normalized spacial score (nSPS) is 12.1. The molecular weight excluding hydrogens is 164 g/mol. The molecule has 1 aromatic rings. The summed E-state index contributed by atoms with van der Waals surface area (Å²) in [5.74, 6) is 0. The lowest BCUT2D eigenvalue weighted by Crippen LogP contribution is -2.07. The van der Waals surface area contributed by atoms with Crippen molar-refractivity contribution in [2.45, 2.75) is 25.9 Å². The molecule has 0 saturated heterocycles. The minimum atomic E-state index is 0.0118. The first-order chi connectivity index (χ1) is 6.33. The Morgan fingerprint density at radius 3 is 2.69 bits per heavy atom. The molecule has 0 aromatic heterocycles. The van der Waals surface area contributed by atoms with Crippen molar-refractivity contribution in [3.05, 3.63) is 35.9 Å². The quantitative estimate of drug-likeness (QED) is 0.646. The Bertz CT molecular complexity index is 244. The molecule has 13 heavy (non-hydrogen) atoms. The summed E-state index contributed by atoms with van der Waals surface area (Å²) in [7, 11) is 0. The lowest BCUT2D eigenvalue weighted by Gasteiger charge is -2.08. The zero-order valence-electron chi connectivity index (χ0n) is 7.77. The standard InChI is InChI=1S/C11H14O2/c1-10(13-9-12)7-8-11-5-3-2-4-6-11/h2-6,9-10H,7-8H2,1H3. The van der Waals surface area contributed by atoms with Gasteiger partial charge in [0.05, 0.1) is 6.10 Å². The maximum Gasteiger partial charge on any atom is 0.293 e. The Morgan fingerprint density at radius 1 is 1.38 bits per heavy atom. The van der Waals surface area contributed by atoms with Gasteiger partial charge in [0, 0.05) is 0 Å². The smallest absolute Gasteiger partial charge is 0.293 e. The number of carbonyl (C=O) groups is 1. The van der Waals surface area contributed by atoms with Gasteiger partial charge in [0.15, 0.2) is 0 Å². The van der Waals surface area contributed by atoms with Crippen molar-refractivity contribution in [2.24, 2.45) is 0 Å². The third-order valence-electron chi connectivity index (χ3n) is 1.97. The van der Waals surface area contributed by atoms with E-state index in [1.54, 1.807) is 0 Å². The average Bonchev–Trinajstić information content (AvgIpc) is 2.17. The molecule has 1 rings (SSSR count). The summed E-state index contributed by atoms with van der Waals surface area (Å²) in [5, 5.41) is 0. The molecule has 0 N–H and O–H groups in total. The summed E-state index contributed by atoms with van der Waals surface area (Å²) in [4.78, 5) is 10.0. The van der Waals surface area contributed by atoms with Crippen molar-refractivity contribution in [3.63, 3.8) is 0 Å². The number of hydrogen-bond donors (Lipinski definition) is 0. The predicted molar refractivity (Wildman–Crippen MR) is 51.4 cm³/mol. The molecule has 0 amide bonds. The van der Waals surface area contributed by atoms with E-state index in [-0.39, 0.29) is 6.10 Å². The van der Waals surface area contributed by atoms with E-state index in [1.165, 1.54) is 5.56 Å². The predicted octanol–water partition coefficient (Wildman–Crippen LogP) is 2.18. The Morgan fingerprint density at radius 2 is 2.08 bits per heavy atom. The summed E-state index contributed by atoms with van der Waals surface area (Å²) in [5.41, 5.74) is 1.28. The highest BCUT2D eigenvalue weighted by atomic mass is 16.5. The van der Waals surface area contributed by atoms with Crippen molar-refractivity contribution in [2.75, 3.05) is 0 Å². The van der Waals surface area contributed by atoms with Gasteiger partial charge in [-0.05, 0) is 25.3 Å². The molecule has 1 unspecified atom stereocenters. The third-order valence-corrected chi connectivity index (χ3v) is 1.97. The van der Waals surface area contributed by atoms with Crippen molar-refractivity contribution in [3.8, 4) is 0 Å². The van der Waals surface area contributed by atoms with Gasteiger partial charge >= 0.3 is 0 Å². The molecule has 0 saturated carbocycles. The van der Waals surface area contributed by atoms with Gasteiger partial charge in [0.2, 0.25) is 0 Å². The van der Waals surface area contributed by atoms with E-state index < -0.39 is 0 Å². The molecule has 0 radical (unpaired) electrons. The molecule has 0 aliphatic rings. The Kier molecular flexibility index (Phi) is 4.03. The summed E-state index contributed by atoms with van der Waals surface area (Å²) >= 11 is 0. The van der Waals surface area contributed by atoms with Crippen LogP contribution in [0.25, 0.3) is 0 Å². The fourth-order valence-electron chi connectivity index (χ4n) is 1.18. The van der Waals surface area contributed by atoms with E-state index >= 15 is 0 Å². The van der Waals surface area contributed by atoms with E-state index in [1.807, 2.05) is 25.1 Å². The van der Waals surface area contributed by atoms with E-state index in [4.69, 9.17) is 4.74 Å². The first-order valence-corrected chi connectivity index (χ1v) is 4.46. The molecule has 2 heteroatoms. The molecule has 2 nitrogen and oxygen atoms in total. The Hall–Kier alpha value is -1.31. The molecular formula is C11H14O2. The first kappa shape index (κ1) is 9.78. The average molecular weight is 178 g/mol.